The van der Waals surface area contributed by atoms with Crippen LogP contribution in [-0.2, 0) is 4.79 Å². The van der Waals surface area contributed by atoms with Gasteiger partial charge in [0.05, 0.1) is 0 Å². The molecular weight excluding hydrogens is 421 g/mol. The smallest absolute Gasteiger partial charge is 0.326 e. The number of hydrogen-bond donors (Lipinski definition) is 1. The minimum atomic E-state index is -0.137. The van der Waals surface area contributed by atoms with E-state index in [1.807, 2.05) is 12.1 Å². The molecule has 134 valence electrons. The fraction of sp³-hybridized carbons (Fsp3) is 0.409. The molecule has 2 nitrogen and oxygen atoms in total. The predicted molar refractivity (Wildman–Crippen MR) is 102 cm³/mol. The number of unbranched alkanes of at least 4 members (excludes halogenated alkanes) is 6. The van der Waals surface area contributed by atoms with Crippen LogP contribution in [0.1, 0.15) is 58.3 Å². The lowest BCUT2D eigenvalue weighted by Crippen LogP contribution is -3.61. The number of benzene rings is 2. The SMILES string of the molecule is CCCCCCCCCC(=O)Nc1ccc([I+]c2ccccc2)cc1. The lowest BCUT2D eigenvalue weighted by molar-refractivity contribution is -0.597. The number of hydrogen-bond acceptors (Lipinski definition) is 1. The summed E-state index contributed by atoms with van der Waals surface area (Å²) in [6.07, 6.45) is 9.31. The zero-order valence-electron chi connectivity index (χ0n) is 15.1. The first kappa shape index (κ1) is 20.0. The second-order valence-corrected chi connectivity index (χ2v) is 9.35. The molecule has 1 N–H and O–H groups in total. The van der Waals surface area contributed by atoms with Crippen molar-refractivity contribution in [2.45, 2.75) is 58.3 Å². The molecule has 0 spiro atoms. The van der Waals surface area contributed by atoms with Crippen molar-refractivity contribution in [3.8, 4) is 0 Å². The standard InChI is InChI=1S/C22H28INO/c1-2-3-4-5-6-7-11-14-22(25)24-21-17-15-20(16-18-21)23-19-12-9-8-10-13-19/h8-10,12-13,15-18H,2-7,11,14H2,1H3/p+1. The Balaban J connectivity index is 1.65. The molecule has 0 atom stereocenters. The third kappa shape index (κ3) is 8.52. The Morgan fingerprint density at radius 1 is 0.800 bits per heavy atom. The van der Waals surface area contributed by atoms with Gasteiger partial charge in [-0.1, -0.05) is 63.6 Å². The van der Waals surface area contributed by atoms with Crippen molar-refractivity contribution in [3.63, 3.8) is 0 Å². The lowest BCUT2D eigenvalue weighted by atomic mass is 10.1. The van der Waals surface area contributed by atoms with Gasteiger partial charge in [0.2, 0.25) is 5.91 Å². The summed E-state index contributed by atoms with van der Waals surface area (Å²) in [6.45, 7) is 2.24. The first-order valence-electron chi connectivity index (χ1n) is 9.37. The molecular formula is C22H29INO+. The average molecular weight is 450 g/mol. The molecule has 2 aromatic carbocycles. The van der Waals surface area contributed by atoms with Gasteiger partial charge in [0, 0.05) is 12.1 Å². The molecule has 0 bridgehead atoms. The van der Waals surface area contributed by atoms with E-state index in [1.54, 1.807) is 0 Å². The maximum Gasteiger partial charge on any atom is 0.357 e. The fourth-order valence-electron chi connectivity index (χ4n) is 2.67. The average Bonchev–Trinajstić information content (AvgIpc) is 2.63. The number of carbonyl (C=O) groups excluding carboxylic acids is 1. The lowest BCUT2D eigenvalue weighted by Gasteiger charge is -2.05. The largest absolute Gasteiger partial charge is 0.357 e. The van der Waals surface area contributed by atoms with Crippen molar-refractivity contribution in [3.05, 3.63) is 61.7 Å². The third-order valence-electron chi connectivity index (χ3n) is 4.09. The van der Waals surface area contributed by atoms with E-state index >= 15 is 0 Å². The van der Waals surface area contributed by atoms with Crippen LogP contribution in [0.5, 0.6) is 0 Å². The van der Waals surface area contributed by atoms with Gasteiger partial charge in [0.25, 0.3) is 0 Å². The van der Waals surface area contributed by atoms with E-state index in [9.17, 15) is 4.79 Å². The second-order valence-electron chi connectivity index (χ2n) is 6.32. The minimum absolute atomic E-state index is 0.137. The summed E-state index contributed by atoms with van der Waals surface area (Å²) >= 11 is -0.137. The first-order chi connectivity index (χ1) is 12.3. The molecule has 0 aliphatic carbocycles. The van der Waals surface area contributed by atoms with Gasteiger partial charge >= 0.3 is 21.2 Å². The molecule has 0 heterocycles. The summed E-state index contributed by atoms with van der Waals surface area (Å²) in [6, 6.07) is 18.9. The van der Waals surface area contributed by atoms with E-state index in [0.717, 1.165) is 18.5 Å². The number of amides is 1. The van der Waals surface area contributed by atoms with Crippen molar-refractivity contribution >= 4 is 11.6 Å². The summed E-state index contributed by atoms with van der Waals surface area (Å²) in [5.41, 5.74) is 0.911. The summed E-state index contributed by atoms with van der Waals surface area (Å²) in [5, 5.41) is 3.02. The molecule has 25 heavy (non-hydrogen) atoms. The zero-order chi connectivity index (χ0) is 17.7. The Morgan fingerprint density at radius 2 is 1.40 bits per heavy atom. The topological polar surface area (TPSA) is 29.1 Å². The van der Waals surface area contributed by atoms with Crippen LogP contribution in [0.3, 0.4) is 0 Å². The van der Waals surface area contributed by atoms with E-state index in [1.165, 1.54) is 39.2 Å². The Morgan fingerprint density at radius 3 is 2.08 bits per heavy atom. The Kier molecular flexibility index (Phi) is 9.63. The van der Waals surface area contributed by atoms with Crippen molar-refractivity contribution in [1.29, 1.82) is 0 Å². The summed E-state index contributed by atoms with van der Waals surface area (Å²) in [5.74, 6) is 0.138. The zero-order valence-corrected chi connectivity index (χ0v) is 17.3. The van der Waals surface area contributed by atoms with Gasteiger partial charge in [-0.25, -0.2) is 0 Å². The third-order valence-corrected chi connectivity index (χ3v) is 6.77. The normalized spacial score (nSPS) is 10.6. The van der Waals surface area contributed by atoms with E-state index in [-0.39, 0.29) is 27.1 Å². The Bertz CT molecular complexity index is 610. The first-order valence-corrected chi connectivity index (χ1v) is 11.5. The highest BCUT2D eigenvalue weighted by molar-refractivity contribution is 5.90. The molecule has 2 aromatic rings. The predicted octanol–water partition coefficient (Wildman–Crippen LogP) is 2.89. The molecule has 0 aliphatic heterocycles. The van der Waals surface area contributed by atoms with Crippen LogP contribution in [0.4, 0.5) is 5.69 Å². The van der Waals surface area contributed by atoms with Crippen LogP contribution in [0.25, 0.3) is 0 Å². The van der Waals surface area contributed by atoms with Crippen LogP contribution >= 0.6 is 0 Å². The minimum Gasteiger partial charge on any atom is -0.326 e. The van der Waals surface area contributed by atoms with Crippen molar-refractivity contribution < 1.29 is 26.0 Å². The number of anilines is 1. The maximum absolute atomic E-state index is 12.0. The van der Waals surface area contributed by atoms with Crippen LogP contribution in [0.15, 0.2) is 54.6 Å². The number of nitrogens with one attached hydrogen (secondary N) is 1. The molecule has 0 unspecified atom stereocenters. The highest BCUT2D eigenvalue weighted by atomic mass is 127. The Labute approximate surface area is 162 Å². The van der Waals surface area contributed by atoms with Crippen molar-refractivity contribution in [1.82, 2.24) is 0 Å². The Hall–Kier alpha value is -1.36. The van der Waals surface area contributed by atoms with Gasteiger partial charge in [-0.3, -0.25) is 4.79 Å². The number of halogens is 1. The summed E-state index contributed by atoms with van der Waals surface area (Å²) in [4.78, 5) is 12.0. The van der Waals surface area contributed by atoms with E-state index in [0.29, 0.717) is 6.42 Å². The van der Waals surface area contributed by atoms with Crippen LogP contribution in [0.2, 0.25) is 0 Å². The van der Waals surface area contributed by atoms with Crippen LogP contribution in [0, 0.1) is 7.14 Å². The molecule has 0 saturated heterocycles. The van der Waals surface area contributed by atoms with E-state index in [4.69, 9.17) is 0 Å². The summed E-state index contributed by atoms with van der Waals surface area (Å²) < 4.78 is 2.78. The fourth-order valence-corrected chi connectivity index (χ4v) is 4.88. The molecule has 2 rings (SSSR count). The molecule has 0 aliphatic rings. The van der Waals surface area contributed by atoms with E-state index < -0.39 is 0 Å². The van der Waals surface area contributed by atoms with Crippen LogP contribution in [-0.4, -0.2) is 5.91 Å². The second kappa shape index (κ2) is 12.1. The van der Waals surface area contributed by atoms with Crippen molar-refractivity contribution in [2.24, 2.45) is 0 Å². The molecule has 0 aromatic heterocycles. The summed E-state index contributed by atoms with van der Waals surface area (Å²) in [7, 11) is 0. The molecule has 0 saturated carbocycles. The van der Waals surface area contributed by atoms with Gasteiger partial charge < -0.3 is 5.32 Å². The molecule has 0 radical (unpaired) electrons. The van der Waals surface area contributed by atoms with Gasteiger partial charge in [0.15, 0.2) is 7.14 Å². The molecule has 1 amide bonds. The highest BCUT2D eigenvalue weighted by Gasteiger charge is 2.14. The molecule has 0 fully saturated rings. The monoisotopic (exact) mass is 450 g/mol. The molecule has 3 heteroatoms. The van der Waals surface area contributed by atoms with Gasteiger partial charge in [0.1, 0.15) is 0 Å². The maximum atomic E-state index is 12.0. The van der Waals surface area contributed by atoms with Crippen molar-refractivity contribution in [2.75, 3.05) is 5.32 Å². The van der Waals surface area contributed by atoms with Gasteiger partial charge in [-0.2, -0.15) is 0 Å². The number of carbonyl (C=O) groups is 1. The van der Waals surface area contributed by atoms with Gasteiger partial charge in [-0.05, 0) is 42.8 Å². The van der Waals surface area contributed by atoms with Crippen LogP contribution < -0.4 is 26.5 Å². The number of rotatable bonds is 11. The van der Waals surface area contributed by atoms with E-state index in [2.05, 4.69) is 54.7 Å². The highest BCUT2D eigenvalue weighted by Crippen LogP contribution is 2.10. The van der Waals surface area contributed by atoms with Gasteiger partial charge in [-0.15, -0.1) is 0 Å². The quantitative estimate of drug-likeness (QED) is 0.414.